The lowest BCUT2D eigenvalue weighted by atomic mass is 9.84. The van der Waals surface area contributed by atoms with Crippen molar-refractivity contribution in [3.8, 4) is 0 Å². The molecule has 0 radical (unpaired) electrons. The Morgan fingerprint density at radius 3 is 3.00 bits per heavy atom. The third kappa shape index (κ3) is 4.51. The molecule has 4 nitrogen and oxygen atoms in total. The van der Waals surface area contributed by atoms with Crippen LogP contribution in [0.1, 0.15) is 45.4 Å². The van der Waals surface area contributed by atoms with E-state index in [-0.39, 0.29) is 0 Å². The fraction of sp³-hybridized carbons (Fsp3) is 0.909. The van der Waals surface area contributed by atoms with Gasteiger partial charge in [0.1, 0.15) is 5.84 Å². The van der Waals surface area contributed by atoms with Crippen LogP contribution < -0.4 is 11.1 Å². The lowest BCUT2D eigenvalue weighted by molar-refractivity contribution is 0.280. The van der Waals surface area contributed by atoms with Gasteiger partial charge in [0.2, 0.25) is 0 Å². The van der Waals surface area contributed by atoms with Crippen molar-refractivity contribution >= 4 is 5.84 Å². The minimum atomic E-state index is 0.311. The average Bonchev–Trinajstić information content (AvgIpc) is 2.29. The van der Waals surface area contributed by atoms with Gasteiger partial charge < -0.3 is 16.3 Å². The van der Waals surface area contributed by atoms with E-state index < -0.39 is 0 Å². The van der Waals surface area contributed by atoms with Crippen LogP contribution in [0.25, 0.3) is 0 Å². The summed E-state index contributed by atoms with van der Waals surface area (Å²) < 4.78 is 0. The molecule has 0 saturated heterocycles. The molecule has 1 aliphatic rings. The van der Waals surface area contributed by atoms with E-state index in [1.54, 1.807) is 0 Å². The quantitative estimate of drug-likeness (QED) is 0.282. The second-order valence-electron chi connectivity index (χ2n) is 4.43. The van der Waals surface area contributed by atoms with Crippen LogP contribution in [0.4, 0.5) is 0 Å². The summed E-state index contributed by atoms with van der Waals surface area (Å²) in [6.07, 6.45) is 7.19. The van der Waals surface area contributed by atoms with Crippen molar-refractivity contribution in [1.82, 2.24) is 5.32 Å². The van der Waals surface area contributed by atoms with Crippen LogP contribution in [0.2, 0.25) is 0 Å². The summed E-state index contributed by atoms with van der Waals surface area (Å²) in [5.41, 5.74) is 5.40. The molecule has 0 spiro atoms. The van der Waals surface area contributed by atoms with Crippen molar-refractivity contribution in [3.63, 3.8) is 0 Å². The number of amidine groups is 1. The summed E-state index contributed by atoms with van der Waals surface area (Å²) in [4.78, 5) is 0. The van der Waals surface area contributed by atoms with Crippen molar-refractivity contribution in [3.05, 3.63) is 0 Å². The first-order valence-electron chi connectivity index (χ1n) is 5.96. The lowest BCUT2D eigenvalue weighted by Gasteiger charge is -2.29. The maximum atomic E-state index is 8.39. The molecule has 4 heteroatoms. The summed E-state index contributed by atoms with van der Waals surface area (Å²) in [5.74, 6) is 1.20. The molecule has 0 aromatic rings. The molecule has 1 fully saturated rings. The van der Waals surface area contributed by atoms with Crippen LogP contribution in [0.5, 0.6) is 0 Å². The Bertz CT molecular complexity index is 206. The summed E-state index contributed by atoms with van der Waals surface area (Å²) in [6.45, 7) is 3.08. The molecule has 0 heterocycles. The van der Waals surface area contributed by atoms with Gasteiger partial charge in [0, 0.05) is 19.0 Å². The Kier molecular flexibility index (Phi) is 5.47. The molecular weight excluding hydrogens is 190 g/mol. The molecule has 88 valence electrons. The van der Waals surface area contributed by atoms with Gasteiger partial charge in [0.15, 0.2) is 0 Å². The van der Waals surface area contributed by atoms with Gasteiger partial charge in [-0.15, -0.1) is 0 Å². The van der Waals surface area contributed by atoms with Crippen LogP contribution in [0.15, 0.2) is 5.16 Å². The molecule has 2 unspecified atom stereocenters. The van der Waals surface area contributed by atoms with E-state index in [1.165, 1.54) is 32.1 Å². The molecule has 0 bridgehead atoms. The molecule has 1 saturated carbocycles. The van der Waals surface area contributed by atoms with Crippen LogP contribution in [0.3, 0.4) is 0 Å². The predicted octanol–water partition coefficient (Wildman–Crippen LogP) is 1.68. The maximum Gasteiger partial charge on any atom is 0.140 e. The highest BCUT2D eigenvalue weighted by Gasteiger charge is 2.19. The topological polar surface area (TPSA) is 70.6 Å². The Labute approximate surface area is 91.9 Å². The SMILES string of the molecule is CCC1CCCC(NCCC(N)=NO)C1. The van der Waals surface area contributed by atoms with E-state index in [0.717, 1.165) is 12.5 Å². The van der Waals surface area contributed by atoms with Gasteiger partial charge in [0.05, 0.1) is 0 Å². The fourth-order valence-corrected chi connectivity index (χ4v) is 2.30. The third-order valence-corrected chi connectivity index (χ3v) is 3.30. The predicted molar refractivity (Wildman–Crippen MR) is 62.1 cm³/mol. The maximum absolute atomic E-state index is 8.39. The smallest absolute Gasteiger partial charge is 0.140 e. The van der Waals surface area contributed by atoms with Crippen molar-refractivity contribution in [2.24, 2.45) is 16.8 Å². The van der Waals surface area contributed by atoms with Crippen LogP contribution in [0, 0.1) is 5.92 Å². The molecule has 2 atom stereocenters. The first-order valence-corrected chi connectivity index (χ1v) is 5.96. The van der Waals surface area contributed by atoms with Crippen molar-refractivity contribution in [1.29, 1.82) is 0 Å². The molecule has 15 heavy (non-hydrogen) atoms. The van der Waals surface area contributed by atoms with Gasteiger partial charge in [-0.05, 0) is 18.8 Å². The Hall–Kier alpha value is -0.770. The summed E-state index contributed by atoms with van der Waals surface area (Å²) in [7, 11) is 0. The normalized spacial score (nSPS) is 27.9. The summed E-state index contributed by atoms with van der Waals surface area (Å²) in [5, 5.41) is 14.8. The molecule has 0 aromatic heterocycles. The van der Waals surface area contributed by atoms with E-state index in [0.29, 0.717) is 18.3 Å². The first-order chi connectivity index (χ1) is 7.26. The number of rotatable bonds is 5. The van der Waals surface area contributed by atoms with E-state index >= 15 is 0 Å². The number of hydrogen-bond donors (Lipinski definition) is 3. The van der Waals surface area contributed by atoms with Gasteiger partial charge in [-0.3, -0.25) is 0 Å². The molecule has 4 N–H and O–H groups in total. The lowest BCUT2D eigenvalue weighted by Crippen LogP contribution is -2.36. The van der Waals surface area contributed by atoms with E-state index in [1.807, 2.05) is 0 Å². The van der Waals surface area contributed by atoms with E-state index in [2.05, 4.69) is 17.4 Å². The van der Waals surface area contributed by atoms with Gasteiger partial charge in [-0.2, -0.15) is 0 Å². The molecule has 0 aliphatic heterocycles. The summed E-state index contributed by atoms with van der Waals surface area (Å²) in [6, 6.07) is 0.634. The summed E-state index contributed by atoms with van der Waals surface area (Å²) >= 11 is 0. The number of nitrogens with one attached hydrogen (secondary N) is 1. The zero-order chi connectivity index (χ0) is 11.1. The minimum absolute atomic E-state index is 0.311. The van der Waals surface area contributed by atoms with Crippen LogP contribution in [-0.2, 0) is 0 Å². The van der Waals surface area contributed by atoms with Crippen molar-refractivity contribution in [2.45, 2.75) is 51.5 Å². The standard InChI is InChI=1S/C11H23N3O/c1-2-9-4-3-5-10(8-9)13-7-6-11(12)14-15/h9-10,13,15H,2-8H2,1H3,(H2,12,14). The molecule has 1 rings (SSSR count). The highest BCUT2D eigenvalue weighted by atomic mass is 16.4. The van der Waals surface area contributed by atoms with Crippen LogP contribution >= 0.6 is 0 Å². The van der Waals surface area contributed by atoms with Crippen molar-refractivity contribution < 1.29 is 5.21 Å². The van der Waals surface area contributed by atoms with Gasteiger partial charge in [-0.25, -0.2) is 0 Å². The monoisotopic (exact) mass is 213 g/mol. The Morgan fingerprint density at radius 1 is 1.53 bits per heavy atom. The number of hydrogen-bond acceptors (Lipinski definition) is 3. The minimum Gasteiger partial charge on any atom is -0.409 e. The second-order valence-corrected chi connectivity index (χ2v) is 4.43. The second kappa shape index (κ2) is 6.67. The molecule has 1 aliphatic carbocycles. The number of nitrogens with zero attached hydrogens (tertiary/aromatic N) is 1. The number of oxime groups is 1. The van der Waals surface area contributed by atoms with Gasteiger partial charge in [-0.1, -0.05) is 31.3 Å². The Balaban J connectivity index is 2.15. The van der Waals surface area contributed by atoms with Crippen molar-refractivity contribution in [2.75, 3.05) is 6.54 Å². The molecule has 0 amide bonds. The largest absolute Gasteiger partial charge is 0.409 e. The number of nitrogens with two attached hydrogens (primary N) is 1. The van der Waals surface area contributed by atoms with Crippen LogP contribution in [-0.4, -0.2) is 23.6 Å². The third-order valence-electron chi connectivity index (χ3n) is 3.30. The van der Waals surface area contributed by atoms with E-state index in [9.17, 15) is 0 Å². The first kappa shape index (κ1) is 12.3. The van der Waals surface area contributed by atoms with Gasteiger partial charge >= 0.3 is 0 Å². The highest BCUT2D eigenvalue weighted by Crippen LogP contribution is 2.26. The Morgan fingerprint density at radius 2 is 2.33 bits per heavy atom. The molecular formula is C11H23N3O. The van der Waals surface area contributed by atoms with Gasteiger partial charge in [0.25, 0.3) is 0 Å². The fourth-order valence-electron chi connectivity index (χ4n) is 2.30. The zero-order valence-electron chi connectivity index (χ0n) is 9.58. The average molecular weight is 213 g/mol. The molecule has 0 aromatic carbocycles. The van der Waals surface area contributed by atoms with E-state index in [4.69, 9.17) is 10.9 Å². The highest BCUT2D eigenvalue weighted by molar-refractivity contribution is 5.79. The zero-order valence-corrected chi connectivity index (χ0v) is 9.58.